The van der Waals surface area contributed by atoms with Crippen LogP contribution < -0.4 is 0 Å². The van der Waals surface area contributed by atoms with Crippen LogP contribution in [0.5, 0.6) is 0 Å². The summed E-state index contributed by atoms with van der Waals surface area (Å²) in [5, 5.41) is 0. The smallest absolute Gasteiger partial charge is 0.211 e. The van der Waals surface area contributed by atoms with Gasteiger partial charge in [0, 0.05) is 6.54 Å². The lowest BCUT2D eigenvalue weighted by atomic mass is 9.91. The van der Waals surface area contributed by atoms with Gasteiger partial charge >= 0.3 is 0 Å². The van der Waals surface area contributed by atoms with E-state index in [1.807, 2.05) is 0 Å². The van der Waals surface area contributed by atoms with Crippen LogP contribution in [0, 0.1) is 0 Å². The number of rotatable bonds is 1. The molecule has 4 nitrogen and oxygen atoms in total. The van der Waals surface area contributed by atoms with Gasteiger partial charge in [-0.3, -0.25) is 0 Å². The molecule has 0 bridgehead atoms. The van der Waals surface area contributed by atoms with E-state index in [9.17, 15) is 8.42 Å². The van der Waals surface area contributed by atoms with Crippen molar-refractivity contribution in [1.29, 1.82) is 0 Å². The summed E-state index contributed by atoms with van der Waals surface area (Å²) in [6.45, 7) is 1.08. The molecule has 14 heavy (non-hydrogen) atoms. The fraction of sp³-hybridized carbons (Fsp3) is 1.00. The molecule has 2 fully saturated rings. The van der Waals surface area contributed by atoms with E-state index in [0.29, 0.717) is 13.2 Å². The molecule has 2 rings (SSSR count). The van der Waals surface area contributed by atoms with E-state index < -0.39 is 10.0 Å². The third-order valence-electron chi connectivity index (χ3n) is 3.11. The van der Waals surface area contributed by atoms with Crippen molar-refractivity contribution < 1.29 is 13.2 Å². The van der Waals surface area contributed by atoms with Crippen molar-refractivity contribution in [1.82, 2.24) is 4.31 Å². The van der Waals surface area contributed by atoms with Gasteiger partial charge in [-0.25, -0.2) is 8.42 Å². The van der Waals surface area contributed by atoms with E-state index in [4.69, 9.17) is 4.74 Å². The first kappa shape index (κ1) is 10.4. The van der Waals surface area contributed by atoms with E-state index in [1.54, 1.807) is 4.31 Å². The first-order valence-electron chi connectivity index (χ1n) is 5.17. The Hall–Kier alpha value is -0.130. The highest BCUT2D eigenvalue weighted by Gasteiger charge is 2.38. The molecule has 0 aromatic rings. The maximum absolute atomic E-state index is 11.5. The van der Waals surface area contributed by atoms with Crippen molar-refractivity contribution in [3.8, 4) is 0 Å². The minimum Gasteiger partial charge on any atom is -0.375 e. The molecule has 1 saturated carbocycles. The van der Waals surface area contributed by atoms with Crippen molar-refractivity contribution in [2.24, 2.45) is 0 Å². The van der Waals surface area contributed by atoms with Crippen LogP contribution in [0.3, 0.4) is 0 Å². The second-order valence-corrected chi connectivity index (χ2v) is 6.07. The first-order valence-corrected chi connectivity index (χ1v) is 7.02. The molecule has 0 aromatic heterocycles. The lowest BCUT2D eigenvalue weighted by Gasteiger charge is -2.42. The highest BCUT2D eigenvalue weighted by atomic mass is 32.2. The lowest BCUT2D eigenvalue weighted by Crippen LogP contribution is -2.54. The molecule has 0 spiro atoms. The number of sulfonamides is 1. The van der Waals surface area contributed by atoms with Crippen molar-refractivity contribution >= 4 is 10.0 Å². The second-order valence-electron chi connectivity index (χ2n) is 4.13. The molecule has 1 heterocycles. The molecular weight excluding hydrogens is 202 g/mol. The zero-order chi connectivity index (χ0) is 10.2. The van der Waals surface area contributed by atoms with Crippen LogP contribution in [0.25, 0.3) is 0 Å². The van der Waals surface area contributed by atoms with Crippen LogP contribution in [-0.2, 0) is 14.8 Å². The molecule has 82 valence electrons. The molecule has 0 N–H and O–H groups in total. The quantitative estimate of drug-likeness (QED) is 0.648. The Morgan fingerprint density at radius 3 is 2.71 bits per heavy atom. The zero-order valence-electron chi connectivity index (χ0n) is 8.48. The fourth-order valence-electron chi connectivity index (χ4n) is 2.47. The van der Waals surface area contributed by atoms with Crippen LogP contribution in [0.4, 0.5) is 0 Å². The third-order valence-corrected chi connectivity index (χ3v) is 4.41. The number of morpholine rings is 1. The average molecular weight is 219 g/mol. The van der Waals surface area contributed by atoms with Crippen LogP contribution in [0.15, 0.2) is 0 Å². The van der Waals surface area contributed by atoms with E-state index >= 15 is 0 Å². The van der Waals surface area contributed by atoms with Gasteiger partial charge in [-0.2, -0.15) is 4.31 Å². The SMILES string of the molecule is CS(=O)(=O)N1CCO[C@H]2CCCC[C@@H]21. The monoisotopic (exact) mass is 219 g/mol. The van der Waals surface area contributed by atoms with Crippen molar-refractivity contribution in [3.05, 3.63) is 0 Å². The Labute approximate surface area is 85.3 Å². The largest absolute Gasteiger partial charge is 0.375 e. The summed E-state index contributed by atoms with van der Waals surface area (Å²) in [6.07, 6.45) is 5.69. The molecule has 2 atom stereocenters. The Morgan fingerprint density at radius 2 is 2.00 bits per heavy atom. The summed E-state index contributed by atoms with van der Waals surface area (Å²) in [7, 11) is -3.04. The van der Waals surface area contributed by atoms with Crippen LogP contribution in [0.2, 0.25) is 0 Å². The van der Waals surface area contributed by atoms with Gasteiger partial charge in [0.05, 0.1) is 25.0 Å². The van der Waals surface area contributed by atoms with E-state index in [0.717, 1.165) is 19.3 Å². The normalized spacial score (nSPS) is 35.2. The maximum Gasteiger partial charge on any atom is 0.211 e. The molecule has 0 amide bonds. The summed E-state index contributed by atoms with van der Waals surface area (Å²) in [4.78, 5) is 0. The van der Waals surface area contributed by atoms with Gasteiger partial charge < -0.3 is 4.74 Å². The molecule has 1 saturated heterocycles. The second kappa shape index (κ2) is 3.79. The standard InChI is InChI=1S/C9H17NO3S/c1-14(11,12)10-6-7-13-9-5-3-2-4-8(9)10/h8-9H,2-7H2,1H3/t8-,9-/m0/s1. The number of fused-ring (bicyclic) bond motifs is 1. The zero-order valence-corrected chi connectivity index (χ0v) is 9.29. The molecule has 1 aliphatic heterocycles. The fourth-order valence-corrected chi connectivity index (χ4v) is 3.61. The van der Waals surface area contributed by atoms with Crippen LogP contribution >= 0.6 is 0 Å². The Balaban J connectivity index is 2.17. The number of hydrogen-bond donors (Lipinski definition) is 0. The number of hydrogen-bond acceptors (Lipinski definition) is 3. The van der Waals surface area contributed by atoms with E-state index in [1.165, 1.54) is 12.7 Å². The average Bonchev–Trinajstić information content (AvgIpc) is 2.15. The molecule has 2 aliphatic rings. The highest BCUT2D eigenvalue weighted by Crippen LogP contribution is 2.29. The van der Waals surface area contributed by atoms with E-state index in [-0.39, 0.29) is 12.1 Å². The molecule has 0 unspecified atom stereocenters. The van der Waals surface area contributed by atoms with Crippen LogP contribution in [-0.4, -0.2) is 44.3 Å². The minimum absolute atomic E-state index is 0.104. The van der Waals surface area contributed by atoms with Gasteiger partial charge in [-0.1, -0.05) is 12.8 Å². The summed E-state index contributed by atoms with van der Waals surface area (Å²) in [5.74, 6) is 0. The van der Waals surface area contributed by atoms with Gasteiger partial charge in [0.1, 0.15) is 0 Å². The predicted molar refractivity (Wildman–Crippen MR) is 53.5 cm³/mol. The molecule has 0 radical (unpaired) electrons. The van der Waals surface area contributed by atoms with Gasteiger partial charge in [0.15, 0.2) is 0 Å². The van der Waals surface area contributed by atoms with Crippen LogP contribution in [0.1, 0.15) is 25.7 Å². The summed E-state index contributed by atoms with van der Waals surface area (Å²) in [6, 6.07) is 0.104. The number of ether oxygens (including phenoxy) is 1. The van der Waals surface area contributed by atoms with Gasteiger partial charge in [0.25, 0.3) is 0 Å². The van der Waals surface area contributed by atoms with Crippen molar-refractivity contribution in [2.45, 2.75) is 37.8 Å². The van der Waals surface area contributed by atoms with Gasteiger partial charge in [0.2, 0.25) is 10.0 Å². The topological polar surface area (TPSA) is 46.6 Å². The Morgan fingerprint density at radius 1 is 1.29 bits per heavy atom. The van der Waals surface area contributed by atoms with E-state index in [2.05, 4.69) is 0 Å². The predicted octanol–water partition coefficient (Wildman–Crippen LogP) is 0.589. The van der Waals surface area contributed by atoms with Crippen molar-refractivity contribution in [3.63, 3.8) is 0 Å². The lowest BCUT2D eigenvalue weighted by molar-refractivity contribution is -0.0583. The van der Waals surface area contributed by atoms with Gasteiger partial charge in [-0.15, -0.1) is 0 Å². The maximum atomic E-state index is 11.5. The highest BCUT2D eigenvalue weighted by molar-refractivity contribution is 7.88. The summed E-state index contributed by atoms with van der Waals surface area (Å²) < 4.78 is 30.2. The minimum atomic E-state index is -3.04. The molecule has 1 aliphatic carbocycles. The summed E-state index contributed by atoms with van der Waals surface area (Å²) in [5.41, 5.74) is 0. The summed E-state index contributed by atoms with van der Waals surface area (Å²) >= 11 is 0. The van der Waals surface area contributed by atoms with Crippen molar-refractivity contribution in [2.75, 3.05) is 19.4 Å². The molecular formula is C9H17NO3S. The Bertz CT molecular complexity index is 299. The third kappa shape index (κ3) is 1.94. The Kier molecular flexibility index (Phi) is 2.81. The molecule has 5 heteroatoms. The number of nitrogens with zero attached hydrogens (tertiary/aromatic N) is 1. The molecule has 0 aromatic carbocycles. The van der Waals surface area contributed by atoms with Gasteiger partial charge in [-0.05, 0) is 12.8 Å². The first-order chi connectivity index (χ1) is 6.59.